The van der Waals surface area contributed by atoms with Crippen LogP contribution in [0, 0.1) is 3.70 Å². The molecule has 2 rings (SSSR count). The van der Waals surface area contributed by atoms with E-state index in [1.54, 1.807) is 6.20 Å². The number of hydrogen-bond acceptors (Lipinski definition) is 3. The Balaban J connectivity index is 2.85. The van der Waals surface area contributed by atoms with E-state index in [9.17, 15) is 0 Å². The number of imidazole rings is 1. The maximum absolute atomic E-state index is 5.84. The van der Waals surface area contributed by atoms with E-state index in [-0.39, 0.29) is 5.41 Å². The first-order valence-electron chi connectivity index (χ1n) is 4.70. The molecule has 2 aromatic heterocycles. The van der Waals surface area contributed by atoms with Crippen LogP contribution in [-0.2, 0) is 5.41 Å². The molecule has 0 atom stereocenters. The number of hydrogen-bond donors (Lipinski definition) is 1. The zero-order valence-electron chi connectivity index (χ0n) is 8.95. The van der Waals surface area contributed by atoms with E-state index in [2.05, 4.69) is 53.3 Å². The van der Waals surface area contributed by atoms with E-state index in [4.69, 9.17) is 5.73 Å². The molecule has 2 aromatic rings. The zero-order chi connectivity index (χ0) is 11.2. The van der Waals surface area contributed by atoms with Crippen LogP contribution >= 0.6 is 22.6 Å². The number of aromatic nitrogens is 3. The molecule has 0 amide bonds. The minimum Gasteiger partial charge on any atom is -0.382 e. The van der Waals surface area contributed by atoms with Crippen molar-refractivity contribution in [2.75, 3.05) is 5.73 Å². The molecule has 0 aliphatic rings. The number of fused-ring (bicyclic) bond motifs is 1. The second-order valence-electron chi connectivity index (χ2n) is 4.51. The van der Waals surface area contributed by atoms with Crippen LogP contribution in [0.3, 0.4) is 0 Å². The van der Waals surface area contributed by atoms with Gasteiger partial charge in [-0.3, -0.25) is 4.40 Å². The smallest absolute Gasteiger partial charge is 0.150 e. The van der Waals surface area contributed by atoms with E-state index < -0.39 is 0 Å². The first-order valence-corrected chi connectivity index (χ1v) is 5.77. The molecule has 2 heterocycles. The molecule has 0 aliphatic carbocycles. The van der Waals surface area contributed by atoms with Gasteiger partial charge in [-0.15, -0.1) is 0 Å². The van der Waals surface area contributed by atoms with Gasteiger partial charge < -0.3 is 5.73 Å². The van der Waals surface area contributed by atoms with Crippen LogP contribution in [0.2, 0.25) is 0 Å². The van der Waals surface area contributed by atoms with Gasteiger partial charge in [-0.25, -0.2) is 9.97 Å². The lowest BCUT2D eigenvalue weighted by molar-refractivity contribution is 0.542. The number of halogens is 1. The Morgan fingerprint density at radius 1 is 1.40 bits per heavy atom. The van der Waals surface area contributed by atoms with Crippen LogP contribution in [0.5, 0.6) is 0 Å². The summed E-state index contributed by atoms with van der Waals surface area (Å²) in [5, 5.41) is 0. The molecule has 80 valence electrons. The molecule has 0 saturated carbocycles. The minimum absolute atomic E-state index is 0.000131. The van der Waals surface area contributed by atoms with Crippen LogP contribution in [0.25, 0.3) is 5.52 Å². The first-order chi connectivity index (χ1) is 6.91. The van der Waals surface area contributed by atoms with Gasteiger partial charge in [-0.05, 0) is 22.6 Å². The van der Waals surface area contributed by atoms with Crippen LogP contribution in [0.1, 0.15) is 26.6 Å². The largest absolute Gasteiger partial charge is 0.382 e. The van der Waals surface area contributed by atoms with Gasteiger partial charge in [0, 0.05) is 17.8 Å². The average Bonchev–Trinajstić information content (AvgIpc) is 2.44. The summed E-state index contributed by atoms with van der Waals surface area (Å²) >= 11 is 2.19. The summed E-state index contributed by atoms with van der Waals surface area (Å²) in [5.41, 5.74) is 6.74. The van der Waals surface area contributed by atoms with Crippen molar-refractivity contribution in [1.29, 1.82) is 0 Å². The van der Waals surface area contributed by atoms with Gasteiger partial charge >= 0.3 is 0 Å². The third-order valence-electron chi connectivity index (χ3n) is 2.21. The Morgan fingerprint density at radius 3 is 2.67 bits per heavy atom. The monoisotopic (exact) mass is 316 g/mol. The predicted molar refractivity (Wildman–Crippen MR) is 68.8 cm³/mol. The highest BCUT2D eigenvalue weighted by molar-refractivity contribution is 14.1. The standard InChI is InChI=1S/C10H13IN4/c1-10(2,3)9-14-7(11)6-8(12)13-4-5-15(6)9/h4-5H,1-3H3,(H2,12,13). The summed E-state index contributed by atoms with van der Waals surface area (Å²) in [6, 6.07) is 0. The molecule has 2 N–H and O–H groups in total. The molecule has 0 fully saturated rings. The van der Waals surface area contributed by atoms with Crippen LogP contribution in [0.4, 0.5) is 5.82 Å². The molecule has 15 heavy (non-hydrogen) atoms. The third-order valence-corrected chi connectivity index (χ3v) is 2.96. The fraction of sp³-hybridized carbons (Fsp3) is 0.400. The Labute approximate surface area is 102 Å². The summed E-state index contributed by atoms with van der Waals surface area (Å²) in [4.78, 5) is 8.63. The maximum Gasteiger partial charge on any atom is 0.150 e. The molecule has 0 spiro atoms. The van der Waals surface area contributed by atoms with E-state index in [0.29, 0.717) is 5.82 Å². The van der Waals surface area contributed by atoms with Crippen molar-refractivity contribution < 1.29 is 0 Å². The number of nitrogens with two attached hydrogens (primary N) is 1. The van der Waals surface area contributed by atoms with Crippen molar-refractivity contribution >= 4 is 33.9 Å². The Kier molecular flexibility index (Phi) is 2.37. The van der Waals surface area contributed by atoms with E-state index in [1.807, 2.05) is 10.6 Å². The normalized spacial score (nSPS) is 12.3. The number of nitrogens with zero attached hydrogens (tertiary/aromatic N) is 3. The van der Waals surface area contributed by atoms with Gasteiger partial charge in [0.2, 0.25) is 0 Å². The highest BCUT2D eigenvalue weighted by Gasteiger charge is 2.22. The molecule has 0 radical (unpaired) electrons. The number of nitrogen functional groups attached to an aromatic ring is 1. The third kappa shape index (κ3) is 1.68. The fourth-order valence-electron chi connectivity index (χ4n) is 1.55. The topological polar surface area (TPSA) is 56.2 Å². The Hall–Kier alpha value is -0.850. The van der Waals surface area contributed by atoms with Gasteiger partial charge in [0.05, 0.1) is 0 Å². The summed E-state index contributed by atoms with van der Waals surface area (Å²) in [7, 11) is 0. The Morgan fingerprint density at radius 2 is 2.07 bits per heavy atom. The fourth-order valence-corrected chi connectivity index (χ4v) is 2.31. The van der Waals surface area contributed by atoms with Gasteiger partial charge in [-0.2, -0.15) is 0 Å². The van der Waals surface area contributed by atoms with Crippen molar-refractivity contribution in [1.82, 2.24) is 14.4 Å². The van der Waals surface area contributed by atoms with E-state index in [1.165, 1.54) is 0 Å². The highest BCUT2D eigenvalue weighted by Crippen LogP contribution is 2.27. The van der Waals surface area contributed by atoms with Crippen molar-refractivity contribution in [2.45, 2.75) is 26.2 Å². The molecular weight excluding hydrogens is 303 g/mol. The van der Waals surface area contributed by atoms with E-state index >= 15 is 0 Å². The van der Waals surface area contributed by atoms with Crippen molar-refractivity contribution in [3.63, 3.8) is 0 Å². The molecule has 0 unspecified atom stereocenters. The molecule has 0 aliphatic heterocycles. The maximum atomic E-state index is 5.84. The second-order valence-corrected chi connectivity index (χ2v) is 5.53. The average molecular weight is 316 g/mol. The SMILES string of the molecule is CC(C)(C)c1nc(I)c2c(N)nccn12. The molecule has 0 aromatic carbocycles. The number of anilines is 1. The zero-order valence-corrected chi connectivity index (χ0v) is 11.1. The number of rotatable bonds is 0. The van der Waals surface area contributed by atoms with Crippen LogP contribution < -0.4 is 5.73 Å². The van der Waals surface area contributed by atoms with Crippen LogP contribution in [0.15, 0.2) is 12.4 Å². The second kappa shape index (κ2) is 3.33. The van der Waals surface area contributed by atoms with Gasteiger partial charge in [-0.1, -0.05) is 20.8 Å². The molecule has 5 heteroatoms. The quantitative estimate of drug-likeness (QED) is 0.758. The summed E-state index contributed by atoms with van der Waals surface area (Å²) in [6.45, 7) is 6.40. The van der Waals surface area contributed by atoms with Crippen LogP contribution in [-0.4, -0.2) is 14.4 Å². The van der Waals surface area contributed by atoms with Crippen molar-refractivity contribution in [3.05, 3.63) is 21.9 Å². The molecule has 0 saturated heterocycles. The Bertz CT molecular complexity index is 510. The summed E-state index contributed by atoms with van der Waals surface area (Å²) in [5.74, 6) is 1.54. The molecular formula is C10H13IN4. The minimum atomic E-state index is 0.000131. The first kappa shape index (κ1) is 10.7. The lowest BCUT2D eigenvalue weighted by Gasteiger charge is -2.16. The van der Waals surface area contributed by atoms with Gasteiger partial charge in [0.25, 0.3) is 0 Å². The lowest BCUT2D eigenvalue weighted by Crippen LogP contribution is -2.16. The lowest BCUT2D eigenvalue weighted by atomic mass is 9.96. The molecule has 0 bridgehead atoms. The van der Waals surface area contributed by atoms with Crippen molar-refractivity contribution in [3.8, 4) is 0 Å². The van der Waals surface area contributed by atoms with Gasteiger partial charge in [0.1, 0.15) is 15.0 Å². The molecule has 4 nitrogen and oxygen atoms in total. The van der Waals surface area contributed by atoms with Gasteiger partial charge in [0.15, 0.2) is 5.82 Å². The van der Waals surface area contributed by atoms with E-state index in [0.717, 1.165) is 15.0 Å². The highest BCUT2D eigenvalue weighted by atomic mass is 127. The predicted octanol–water partition coefficient (Wildman–Crippen LogP) is 2.21. The summed E-state index contributed by atoms with van der Waals surface area (Å²) in [6.07, 6.45) is 3.61. The van der Waals surface area contributed by atoms with Crippen molar-refractivity contribution in [2.24, 2.45) is 0 Å². The summed E-state index contributed by atoms with van der Waals surface area (Å²) < 4.78 is 2.92.